The minimum atomic E-state index is -0.750. The first-order valence-corrected chi connectivity index (χ1v) is 8.02. The van der Waals surface area contributed by atoms with E-state index in [1.165, 1.54) is 25.0 Å². The summed E-state index contributed by atoms with van der Waals surface area (Å²) in [6, 6.07) is 7.77. The van der Waals surface area contributed by atoms with Crippen LogP contribution in [0, 0.1) is 5.82 Å². The molecule has 3 N–H and O–H groups in total. The van der Waals surface area contributed by atoms with Crippen molar-refractivity contribution in [2.24, 2.45) is 5.73 Å². The van der Waals surface area contributed by atoms with E-state index in [1.807, 2.05) is 0 Å². The molecule has 2 aliphatic rings. The lowest BCUT2D eigenvalue weighted by atomic mass is 9.68. The molecule has 0 bridgehead atoms. The molecule has 2 aliphatic carbocycles. The van der Waals surface area contributed by atoms with Gasteiger partial charge in [-0.1, -0.05) is 12.1 Å². The van der Waals surface area contributed by atoms with Gasteiger partial charge in [0, 0.05) is 17.5 Å². The second-order valence-corrected chi connectivity index (χ2v) is 6.61. The molecule has 0 spiro atoms. The van der Waals surface area contributed by atoms with Gasteiger partial charge in [0.15, 0.2) is 0 Å². The Kier molecular flexibility index (Phi) is 4.34. The zero-order chi connectivity index (χ0) is 15.6. The Labute approximate surface area is 130 Å². The number of carbonyl (C=O) groups is 1. The molecular formula is C17H23FN2O2. The molecule has 2 fully saturated rings. The molecule has 2 saturated carbocycles. The van der Waals surface area contributed by atoms with Crippen molar-refractivity contribution in [1.29, 1.82) is 0 Å². The predicted molar refractivity (Wildman–Crippen MR) is 82.0 cm³/mol. The summed E-state index contributed by atoms with van der Waals surface area (Å²) >= 11 is 0. The zero-order valence-corrected chi connectivity index (χ0v) is 12.7. The summed E-state index contributed by atoms with van der Waals surface area (Å²) in [5.74, 6) is -0.251. The van der Waals surface area contributed by atoms with Crippen molar-refractivity contribution in [3.05, 3.63) is 35.6 Å². The SMILES string of the molecule is NC(=O)OC[C@]1(c2ccc(F)cc2)CC[C@@H](NC2CC2)CC1. The van der Waals surface area contributed by atoms with Gasteiger partial charge in [-0.25, -0.2) is 9.18 Å². The van der Waals surface area contributed by atoms with Crippen LogP contribution in [0.15, 0.2) is 24.3 Å². The number of hydrogen-bond donors (Lipinski definition) is 2. The van der Waals surface area contributed by atoms with Gasteiger partial charge in [-0.05, 0) is 56.2 Å². The van der Waals surface area contributed by atoms with E-state index in [-0.39, 0.29) is 17.8 Å². The quantitative estimate of drug-likeness (QED) is 0.879. The summed E-state index contributed by atoms with van der Waals surface area (Å²) in [7, 11) is 0. The van der Waals surface area contributed by atoms with E-state index in [2.05, 4.69) is 5.32 Å². The van der Waals surface area contributed by atoms with Gasteiger partial charge in [-0.3, -0.25) is 0 Å². The minimum absolute atomic E-state index is 0.246. The number of ether oxygens (including phenoxy) is 1. The lowest BCUT2D eigenvalue weighted by Crippen LogP contribution is -2.43. The number of rotatable bonds is 5. The Morgan fingerprint density at radius 2 is 1.77 bits per heavy atom. The van der Waals surface area contributed by atoms with Crippen molar-refractivity contribution in [3.63, 3.8) is 0 Å². The smallest absolute Gasteiger partial charge is 0.404 e. The van der Waals surface area contributed by atoms with Gasteiger partial charge >= 0.3 is 6.09 Å². The maximum Gasteiger partial charge on any atom is 0.404 e. The molecule has 0 saturated heterocycles. The van der Waals surface area contributed by atoms with E-state index < -0.39 is 6.09 Å². The van der Waals surface area contributed by atoms with E-state index >= 15 is 0 Å². The topological polar surface area (TPSA) is 64.4 Å². The highest BCUT2D eigenvalue weighted by molar-refractivity contribution is 5.64. The predicted octanol–water partition coefficient (Wildman–Crippen LogP) is 2.85. The molecule has 4 nitrogen and oxygen atoms in total. The maximum absolute atomic E-state index is 13.2. The third-order valence-corrected chi connectivity index (χ3v) is 4.94. The van der Waals surface area contributed by atoms with Gasteiger partial charge in [0.25, 0.3) is 0 Å². The van der Waals surface area contributed by atoms with Crippen LogP contribution in [-0.2, 0) is 10.2 Å². The highest BCUT2D eigenvalue weighted by Gasteiger charge is 2.39. The van der Waals surface area contributed by atoms with Crippen molar-refractivity contribution in [2.75, 3.05) is 6.61 Å². The number of amides is 1. The first-order chi connectivity index (χ1) is 10.6. The van der Waals surface area contributed by atoms with E-state index in [4.69, 9.17) is 10.5 Å². The molecule has 3 rings (SSSR count). The summed E-state index contributed by atoms with van der Waals surface area (Å²) in [6.45, 7) is 0.268. The van der Waals surface area contributed by atoms with Crippen LogP contribution in [0.1, 0.15) is 44.1 Å². The van der Waals surface area contributed by atoms with Gasteiger partial charge in [-0.2, -0.15) is 0 Å². The van der Waals surface area contributed by atoms with Crippen LogP contribution in [0.25, 0.3) is 0 Å². The van der Waals surface area contributed by atoms with E-state index in [0.717, 1.165) is 31.2 Å². The minimum Gasteiger partial charge on any atom is -0.449 e. The molecule has 0 heterocycles. The van der Waals surface area contributed by atoms with Gasteiger partial charge in [0.05, 0.1) is 0 Å². The van der Waals surface area contributed by atoms with Gasteiger partial charge < -0.3 is 15.8 Å². The maximum atomic E-state index is 13.2. The average Bonchev–Trinajstić information content (AvgIpc) is 3.32. The number of primary amides is 1. The Balaban J connectivity index is 1.72. The molecule has 0 unspecified atom stereocenters. The molecule has 120 valence electrons. The molecule has 1 aromatic carbocycles. The Hall–Kier alpha value is -1.62. The third-order valence-electron chi connectivity index (χ3n) is 4.94. The van der Waals surface area contributed by atoms with Crippen LogP contribution in [0.5, 0.6) is 0 Å². The second-order valence-electron chi connectivity index (χ2n) is 6.61. The van der Waals surface area contributed by atoms with Gasteiger partial charge in [0.2, 0.25) is 0 Å². The van der Waals surface area contributed by atoms with Gasteiger partial charge in [0.1, 0.15) is 12.4 Å². The van der Waals surface area contributed by atoms with Crippen molar-refractivity contribution >= 4 is 6.09 Å². The molecule has 0 radical (unpaired) electrons. The Morgan fingerprint density at radius 1 is 1.18 bits per heavy atom. The summed E-state index contributed by atoms with van der Waals surface area (Å²) in [4.78, 5) is 11.0. The summed E-state index contributed by atoms with van der Waals surface area (Å²) < 4.78 is 18.3. The monoisotopic (exact) mass is 306 g/mol. The Bertz CT molecular complexity index is 520. The molecule has 1 aromatic rings. The molecule has 0 aromatic heterocycles. The van der Waals surface area contributed by atoms with Crippen LogP contribution in [-0.4, -0.2) is 24.8 Å². The fourth-order valence-corrected chi connectivity index (χ4v) is 3.45. The highest BCUT2D eigenvalue weighted by atomic mass is 19.1. The van der Waals surface area contributed by atoms with Gasteiger partial charge in [-0.15, -0.1) is 0 Å². The molecule has 0 aliphatic heterocycles. The fraction of sp³-hybridized carbons (Fsp3) is 0.588. The number of carbonyl (C=O) groups excluding carboxylic acids is 1. The number of nitrogens with two attached hydrogens (primary N) is 1. The zero-order valence-electron chi connectivity index (χ0n) is 12.7. The molecule has 0 atom stereocenters. The lowest BCUT2D eigenvalue weighted by molar-refractivity contribution is 0.0994. The summed E-state index contributed by atoms with van der Waals surface area (Å²) in [6.07, 6.45) is 5.72. The first kappa shape index (κ1) is 15.3. The van der Waals surface area contributed by atoms with Crippen LogP contribution in [0.4, 0.5) is 9.18 Å². The molecule has 22 heavy (non-hydrogen) atoms. The van der Waals surface area contributed by atoms with E-state index in [1.54, 1.807) is 12.1 Å². The van der Waals surface area contributed by atoms with Crippen molar-refractivity contribution in [1.82, 2.24) is 5.32 Å². The standard InChI is InChI=1S/C17H23FN2O2/c18-13-3-1-12(2-4-13)17(11-22-16(19)21)9-7-15(8-10-17)20-14-5-6-14/h1-4,14-15,20H,5-11H2,(H2,19,21)/t15-,17+. The van der Waals surface area contributed by atoms with Crippen LogP contribution in [0.2, 0.25) is 0 Å². The fourth-order valence-electron chi connectivity index (χ4n) is 3.45. The van der Waals surface area contributed by atoms with E-state index in [0.29, 0.717) is 12.1 Å². The van der Waals surface area contributed by atoms with Crippen LogP contribution >= 0.6 is 0 Å². The van der Waals surface area contributed by atoms with Crippen molar-refractivity contribution in [3.8, 4) is 0 Å². The molecular weight excluding hydrogens is 283 g/mol. The number of halogens is 1. The van der Waals surface area contributed by atoms with Crippen molar-refractivity contribution < 1.29 is 13.9 Å². The van der Waals surface area contributed by atoms with Crippen LogP contribution < -0.4 is 11.1 Å². The normalized spacial score (nSPS) is 28.3. The number of benzene rings is 1. The first-order valence-electron chi connectivity index (χ1n) is 8.02. The highest BCUT2D eigenvalue weighted by Crippen LogP contribution is 2.40. The van der Waals surface area contributed by atoms with Crippen molar-refractivity contribution in [2.45, 2.75) is 56.0 Å². The average molecular weight is 306 g/mol. The molecule has 1 amide bonds. The second kappa shape index (κ2) is 6.24. The summed E-state index contributed by atoms with van der Waals surface area (Å²) in [5.41, 5.74) is 5.92. The number of hydrogen-bond acceptors (Lipinski definition) is 3. The lowest BCUT2D eigenvalue weighted by Gasteiger charge is -2.40. The Morgan fingerprint density at radius 3 is 2.32 bits per heavy atom. The number of nitrogens with one attached hydrogen (secondary N) is 1. The third kappa shape index (κ3) is 3.58. The summed E-state index contributed by atoms with van der Waals surface area (Å²) in [5, 5.41) is 3.66. The van der Waals surface area contributed by atoms with Crippen LogP contribution in [0.3, 0.4) is 0 Å². The van der Waals surface area contributed by atoms with E-state index in [9.17, 15) is 9.18 Å². The largest absolute Gasteiger partial charge is 0.449 e. The molecule has 5 heteroatoms.